The minimum atomic E-state index is -4.63. The number of hydrogen-bond donors (Lipinski definition) is 2. The number of esters is 1. The maximum atomic E-state index is 14.6. The predicted octanol–water partition coefficient (Wildman–Crippen LogP) is 8.39. The summed E-state index contributed by atoms with van der Waals surface area (Å²) >= 11 is 0. The number of carbonyl (C=O) groups excluding carboxylic acids is 2. The number of amides is 1. The Kier molecular flexibility index (Phi) is 10.9. The van der Waals surface area contributed by atoms with Gasteiger partial charge in [0.25, 0.3) is 0 Å². The molecule has 0 radical (unpaired) electrons. The quantitative estimate of drug-likeness (QED) is 0.161. The molecule has 4 aromatic carbocycles. The van der Waals surface area contributed by atoms with Crippen LogP contribution in [0.1, 0.15) is 49.1 Å². The highest BCUT2D eigenvalue weighted by molar-refractivity contribution is 5.73. The van der Waals surface area contributed by atoms with Crippen LogP contribution in [0.4, 0.5) is 23.7 Å². The van der Waals surface area contributed by atoms with Crippen LogP contribution in [-0.2, 0) is 33.8 Å². The molecule has 0 bridgehead atoms. The first kappa shape index (κ1) is 33.9. The van der Waals surface area contributed by atoms with Crippen molar-refractivity contribution in [3.63, 3.8) is 0 Å². The van der Waals surface area contributed by atoms with Crippen LogP contribution in [0.2, 0.25) is 0 Å². The Morgan fingerprint density at radius 2 is 1.50 bits per heavy atom. The Morgan fingerprint density at radius 3 is 2.20 bits per heavy atom. The molecule has 0 aromatic heterocycles. The molecule has 2 N–H and O–H groups in total. The van der Waals surface area contributed by atoms with Crippen molar-refractivity contribution < 1.29 is 37.0 Å². The lowest BCUT2D eigenvalue weighted by molar-refractivity contribution is -0.144. The van der Waals surface area contributed by atoms with Crippen molar-refractivity contribution in [3.05, 3.63) is 119 Å². The summed E-state index contributed by atoms with van der Waals surface area (Å²) in [6, 6.07) is 25.0. The van der Waals surface area contributed by atoms with E-state index < -0.39 is 29.9 Å². The molecule has 0 fully saturated rings. The lowest BCUT2D eigenvalue weighted by Crippen LogP contribution is -2.32. The zero-order chi connectivity index (χ0) is 33.3. The number of nitrogens with one attached hydrogen (secondary N) is 2. The van der Waals surface area contributed by atoms with Crippen molar-refractivity contribution in [2.45, 2.75) is 58.2 Å². The van der Waals surface area contributed by atoms with E-state index in [0.29, 0.717) is 33.7 Å². The van der Waals surface area contributed by atoms with Gasteiger partial charge in [-0.25, -0.2) is 4.79 Å². The van der Waals surface area contributed by atoms with Gasteiger partial charge in [0.2, 0.25) is 0 Å². The molecule has 242 valence electrons. The van der Waals surface area contributed by atoms with Crippen molar-refractivity contribution >= 4 is 17.7 Å². The van der Waals surface area contributed by atoms with Gasteiger partial charge in [-0.1, -0.05) is 54.6 Å². The fourth-order valence-electron chi connectivity index (χ4n) is 4.72. The van der Waals surface area contributed by atoms with E-state index in [4.69, 9.17) is 14.2 Å². The maximum Gasteiger partial charge on any atom is 0.412 e. The molecule has 0 aliphatic heterocycles. The van der Waals surface area contributed by atoms with E-state index in [1.807, 2.05) is 6.07 Å². The Bertz CT molecular complexity index is 1630. The highest BCUT2D eigenvalue weighted by atomic mass is 19.4. The first-order valence-electron chi connectivity index (χ1n) is 14.7. The Morgan fingerprint density at radius 1 is 0.804 bits per heavy atom. The minimum absolute atomic E-state index is 0.00687. The van der Waals surface area contributed by atoms with Crippen molar-refractivity contribution in [2.24, 2.45) is 0 Å². The number of alkyl halides is 3. The maximum absolute atomic E-state index is 14.6. The molecule has 1 unspecified atom stereocenters. The molecular formula is C36H37F3N2O5. The number of para-hydroxylation sites is 2. The number of alkyl carbamates (subject to hydrolysis) is 1. The molecule has 4 rings (SSSR count). The molecule has 0 aliphatic carbocycles. The fourth-order valence-corrected chi connectivity index (χ4v) is 4.72. The van der Waals surface area contributed by atoms with Gasteiger partial charge in [-0.3, -0.25) is 4.79 Å². The predicted molar refractivity (Wildman–Crippen MR) is 170 cm³/mol. The van der Waals surface area contributed by atoms with Gasteiger partial charge in [-0.2, -0.15) is 13.2 Å². The van der Waals surface area contributed by atoms with Crippen molar-refractivity contribution in [1.29, 1.82) is 0 Å². The minimum Gasteiger partial charge on any atom is -0.489 e. The molecule has 7 nitrogen and oxygen atoms in total. The normalized spacial score (nSPS) is 12.2. The highest BCUT2D eigenvalue weighted by Crippen LogP contribution is 2.38. The monoisotopic (exact) mass is 634 g/mol. The van der Waals surface area contributed by atoms with Crippen molar-refractivity contribution in [3.8, 4) is 16.9 Å². The van der Waals surface area contributed by atoms with E-state index in [2.05, 4.69) is 10.6 Å². The largest absolute Gasteiger partial charge is 0.489 e. The van der Waals surface area contributed by atoms with E-state index >= 15 is 0 Å². The van der Waals surface area contributed by atoms with E-state index in [1.165, 1.54) is 19.2 Å². The highest BCUT2D eigenvalue weighted by Gasteiger charge is 2.41. The summed E-state index contributed by atoms with van der Waals surface area (Å²) in [4.78, 5) is 24.1. The number of benzene rings is 4. The van der Waals surface area contributed by atoms with Crippen LogP contribution < -0.4 is 15.4 Å². The number of anilines is 1. The third-order valence-electron chi connectivity index (χ3n) is 6.79. The molecule has 10 heteroatoms. The van der Waals surface area contributed by atoms with Gasteiger partial charge < -0.3 is 24.8 Å². The van der Waals surface area contributed by atoms with Gasteiger partial charge in [-0.05, 0) is 91.1 Å². The number of halogens is 3. The second kappa shape index (κ2) is 14.9. The lowest BCUT2D eigenvalue weighted by Gasteiger charge is -2.24. The Hall–Kier alpha value is -4.99. The molecule has 0 saturated carbocycles. The number of rotatable bonds is 11. The van der Waals surface area contributed by atoms with E-state index in [0.717, 1.165) is 5.56 Å². The molecule has 0 saturated heterocycles. The number of ether oxygens (including phenoxy) is 3. The third kappa shape index (κ3) is 10.0. The van der Waals surface area contributed by atoms with Gasteiger partial charge in [0.15, 0.2) is 0 Å². The van der Waals surface area contributed by atoms with Gasteiger partial charge in [0, 0.05) is 17.8 Å². The smallest absolute Gasteiger partial charge is 0.412 e. The molecule has 4 aromatic rings. The summed E-state index contributed by atoms with van der Waals surface area (Å²) in [5, 5.41) is 5.35. The summed E-state index contributed by atoms with van der Waals surface area (Å²) < 4.78 is 59.9. The molecule has 0 aliphatic rings. The zero-order valence-corrected chi connectivity index (χ0v) is 26.1. The van der Waals surface area contributed by atoms with Crippen LogP contribution in [-0.4, -0.2) is 30.9 Å². The zero-order valence-electron chi connectivity index (χ0n) is 26.1. The van der Waals surface area contributed by atoms with Crippen molar-refractivity contribution in [1.82, 2.24) is 5.32 Å². The number of methoxy groups -OCH3 is 1. The first-order chi connectivity index (χ1) is 21.8. The SMILES string of the molecule is COC(=O)Cc1ccccc1OCc1cc(-c2cccc(CNC(=O)OC(C)(C)C)c2)cc(C(Nc2ccccc2)C(F)(F)F)c1. The van der Waals surface area contributed by atoms with Crippen molar-refractivity contribution in [2.75, 3.05) is 12.4 Å². The second-order valence-electron chi connectivity index (χ2n) is 11.7. The second-order valence-corrected chi connectivity index (χ2v) is 11.7. The Labute approximate surface area is 266 Å². The van der Waals surface area contributed by atoms with Crippen LogP contribution in [0.3, 0.4) is 0 Å². The van der Waals surface area contributed by atoms with E-state index in [-0.39, 0.29) is 25.1 Å². The van der Waals surface area contributed by atoms with Gasteiger partial charge in [0.05, 0.1) is 13.5 Å². The summed E-state index contributed by atoms with van der Waals surface area (Å²) in [6.07, 6.45) is -5.22. The molecular weight excluding hydrogens is 597 g/mol. The van der Waals surface area contributed by atoms with Gasteiger partial charge >= 0.3 is 18.2 Å². The summed E-state index contributed by atoms with van der Waals surface area (Å²) in [6.45, 7) is 5.39. The third-order valence-corrected chi connectivity index (χ3v) is 6.79. The lowest BCUT2D eigenvalue weighted by atomic mass is 9.95. The topological polar surface area (TPSA) is 85.9 Å². The molecule has 0 spiro atoms. The average molecular weight is 635 g/mol. The molecule has 1 amide bonds. The van der Waals surface area contributed by atoms with Crippen LogP contribution in [0, 0.1) is 0 Å². The van der Waals surface area contributed by atoms with Crippen LogP contribution in [0.15, 0.2) is 97.1 Å². The summed E-state index contributed by atoms with van der Waals surface area (Å²) in [7, 11) is 1.29. The number of carbonyl (C=O) groups is 2. The molecule has 1 atom stereocenters. The van der Waals surface area contributed by atoms with Crippen LogP contribution in [0.5, 0.6) is 5.75 Å². The summed E-state index contributed by atoms with van der Waals surface area (Å²) in [5.74, 6) is -0.0220. The fraction of sp³-hybridized carbons (Fsp3) is 0.278. The molecule has 0 heterocycles. The standard InChI is InChI=1S/C36H37F3N2O5/c1-35(2,3)46-34(43)40-22-24-11-10-13-26(17-24)28-18-25(23-45-31-16-9-8-12-27(31)21-32(42)44-4)19-29(20-28)33(36(37,38)39)41-30-14-6-5-7-15-30/h5-20,33,41H,21-23H2,1-4H3,(H,40,43). The molecule has 46 heavy (non-hydrogen) atoms. The summed E-state index contributed by atoms with van der Waals surface area (Å²) in [5.41, 5.74) is 2.65. The van der Waals surface area contributed by atoms with Crippen LogP contribution in [0.25, 0.3) is 11.1 Å². The Balaban J connectivity index is 1.69. The van der Waals surface area contributed by atoms with E-state index in [1.54, 1.807) is 99.6 Å². The van der Waals surface area contributed by atoms with Gasteiger partial charge in [-0.15, -0.1) is 0 Å². The van der Waals surface area contributed by atoms with Crippen LogP contribution >= 0.6 is 0 Å². The average Bonchev–Trinajstić information content (AvgIpc) is 3.01. The first-order valence-corrected chi connectivity index (χ1v) is 14.7. The van der Waals surface area contributed by atoms with E-state index in [9.17, 15) is 22.8 Å². The van der Waals surface area contributed by atoms with Gasteiger partial charge in [0.1, 0.15) is 24.0 Å². The number of hydrogen-bond acceptors (Lipinski definition) is 6.